The second kappa shape index (κ2) is 5.35. The van der Waals surface area contributed by atoms with Gasteiger partial charge in [-0.25, -0.2) is 0 Å². The average Bonchev–Trinajstić information content (AvgIpc) is 2.21. The molecule has 2 nitrogen and oxygen atoms in total. The monoisotopic (exact) mass is 221 g/mol. The zero-order valence-corrected chi connectivity index (χ0v) is 11.1. The van der Waals surface area contributed by atoms with E-state index in [4.69, 9.17) is 10.5 Å². The molecular formula is C14H23NO. The van der Waals surface area contributed by atoms with Crippen LogP contribution >= 0.6 is 0 Å². The third kappa shape index (κ3) is 2.76. The van der Waals surface area contributed by atoms with Crippen LogP contribution in [0, 0.1) is 20.8 Å². The maximum Gasteiger partial charge on any atom is 0.125 e. The van der Waals surface area contributed by atoms with Gasteiger partial charge in [0.2, 0.25) is 0 Å². The van der Waals surface area contributed by atoms with E-state index >= 15 is 0 Å². The summed E-state index contributed by atoms with van der Waals surface area (Å²) in [6, 6.07) is 2.47. The highest BCUT2D eigenvalue weighted by atomic mass is 16.5. The molecule has 1 rings (SSSR count). The minimum absolute atomic E-state index is 0.241. The van der Waals surface area contributed by atoms with Crippen molar-refractivity contribution in [2.75, 3.05) is 7.11 Å². The van der Waals surface area contributed by atoms with Crippen LogP contribution in [-0.4, -0.2) is 13.2 Å². The molecule has 0 fully saturated rings. The summed E-state index contributed by atoms with van der Waals surface area (Å²) in [7, 11) is 1.75. The molecule has 2 N–H and O–H groups in total. The van der Waals surface area contributed by atoms with Gasteiger partial charge in [-0.05, 0) is 62.8 Å². The molecule has 0 spiro atoms. The Bertz CT molecular complexity index is 369. The van der Waals surface area contributed by atoms with E-state index in [9.17, 15) is 0 Å². The SMILES string of the molecule is COc1c(C)c(C)cc(C)c1CCC(C)N. The molecule has 0 aliphatic heterocycles. The fourth-order valence-electron chi connectivity index (χ4n) is 2.06. The van der Waals surface area contributed by atoms with E-state index in [0.717, 1.165) is 18.6 Å². The molecule has 90 valence electrons. The summed E-state index contributed by atoms with van der Waals surface area (Å²) in [6.45, 7) is 8.43. The van der Waals surface area contributed by atoms with Gasteiger partial charge in [0, 0.05) is 6.04 Å². The molecule has 0 aliphatic rings. The van der Waals surface area contributed by atoms with Gasteiger partial charge in [0.25, 0.3) is 0 Å². The molecular weight excluding hydrogens is 198 g/mol. The normalized spacial score (nSPS) is 12.6. The summed E-state index contributed by atoms with van der Waals surface area (Å²) in [4.78, 5) is 0. The minimum atomic E-state index is 0.241. The number of aryl methyl sites for hydroxylation is 2. The van der Waals surface area contributed by atoms with Crippen molar-refractivity contribution in [3.8, 4) is 5.75 Å². The Labute approximate surface area is 98.8 Å². The van der Waals surface area contributed by atoms with Gasteiger partial charge in [-0.1, -0.05) is 6.07 Å². The number of methoxy groups -OCH3 is 1. The van der Waals surface area contributed by atoms with Crippen molar-refractivity contribution >= 4 is 0 Å². The lowest BCUT2D eigenvalue weighted by atomic mass is 9.95. The highest BCUT2D eigenvalue weighted by Crippen LogP contribution is 2.30. The van der Waals surface area contributed by atoms with Crippen LogP contribution in [0.3, 0.4) is 0 Å². The van der Waals surface area contributed by atoms with Crippen molar-refractivity contribution in [1.82, 2.24) is 0 Å². The van der Waals surface area contributed by atoms with Crippen molar-refractivity contribution in [3.63, 3.8) is 0 Å². The predicted molar refractivity (Wildman–Crippen MR) is 69.2 cm³/mol. The van der Waals surface area contributed by atoms with Gasteiger partial charge in [-0.2, -0.15) is 0 Å². The van der Waals surface area contributed by atoms with E-state index in [2.05, 4.69) is 26.8 Å². The lowest BCUT2D eigenvalue weighted by Crippen LogP contribution is -2.16. The van der Waals surface area contributed by atoms with Gasteiger partial charge < -0.3 is 10.5 Å². The minimum Gasteiger partial charge on any atom is -0.496 e. The summed E-state index contributed by atoms with van der Waals surface area (Å²) >= 11 is 0. The zero-order chi connectivity index (χ0) is 12.3. The van der Waals surface area contributed by atoms with E-state index in [0.29, 0.717) is 0 Å². The number of benzene rings is 1. The molecule has 0 saturated heterocycles. The quantitative estimate of drug-likeness (QED) is 0.848. The van der Waals surface area contributed by atoms with Crippen LogP contribution in [0.25, 0.3) is 0 Å². The largest absolute Gasteiger partial charge is 0.496 e. The van der Waals surface area contributed by atoms with Crippen LogP contribution < -0.4 is 10.5 Å². The summed E-state index contributed by atoms with van der Waals surface area (Å²) in [5.74, 6) is 1.04. The topological polar surface area (TPSA) is 35.2 Å². The van der Waals surface area contributed by atoms with Crippen LogP contribution in [0.4, 0.5) is 0 Å². The van der Waals surface area contributed by atoms with E-state index < -0.39 is 0 Å². The van der Waals surface area contributed by atoms with E-state index in [1.165, 1.54) is 22.3 Å². The Kier molecular flexibility index (Phi) is 4.36. The van der Waals surface area contributed by atoms with Crippen LogP contribution in [0.15, 0.2) is 6.07 Å². The van der Waals surface area contributed by atoms with Gasteiger partial charge in [0.15, 0.2) is 0 Å². The molecule has 1 aromatic rings. The lowest BCUT2D eigenvalue weighted by molar-refractivity contribution is 0.404. The third-order valence-electron chi connectivity index (χ3n) is 3.17. The summed E-state index contributed by atoms with van der Waals surface area (Å²) in [5.41, 5.74) is 11.0. The number of nitrogens with two attached hydrogens (primary N) is 1. The Morgan fingerprint density at radius 3 is 2.38 bits per heavy atom. The number of hydrogen-bond donors (Lipinski definition) is 1. The first-order valence-electron chi connectivity index (χ1n) is 5.86. The smallest absolute Gasteiger partial charge is 0.125 e. The van der Waals surface area contributed by atoms with Crippen molar-refractivity contribution in [2.24, 2.45) is 5.73 Å². The highest BCUT2D eigenvalue weighted by molar-refractivity contribution is 5.49. The standard InChI is InChI=1S/C14H23NO/c1-9-8-10(2)13(7-6-11(3)15)14(16-5)12(9)4/h8,11H,6-7,15H2,1-5H3. The maximum absolute atomic E-state index is 5.81. The van der Waals surface area contributed by atoms with E-state index in [1.54, 1.807) is 7.11 Å². The third-order valence-corrected chi connectivity index (χ3v) is 3.17. The Morgan fingerprint density at radius 1 is 1.25 bits per heavy atom. The van der Waals surface area contributed by atoms with Gasteiger partial charge in [0.05, 0.1) is 7.11 Å². The molecule has 0 heterocycles. The van der Waals surface area contributed by atoms with Crippen LogP contribution in [0.1, 0.15) is 35.6 Å². The second-order valence-electron chi connectivity index (χ2n) is 4.66. The first-order chi connectivity index (χ1) is 7.47. The number of ether oxygens (including phenoxy) is 1. The van der Waals surface area contributed by atoms with E-state index in [1.807, 2.05) is 6.92 Å². The summed E-state index contributed by atoms with van der Waals surface area (Å²) in [6.07, 6.45) is 1.99. The van der Waals surface area contributed by atoms with Gasteiger partial charge in [-0.15, -0.1) is 0 Å². The lowest BCUT2D eigenvalue weighted by Gasteiger charge is -2.17. The molecule has 1 atom stereocenters. The van der Waals surface area contributed by atoms with Crippen molar-refractivity contribution in [3.05, 3.63) is 28.3 Å². The molecule has 0 radical (unpaired) electrons. The first kappa shape index (κ1) is 13.0. The molecule has 1 aromatic carbocycles. The predicted octanol–water partition coefficient (Wildman–Crippen LogP) is 2.90. The van der Waals surface area contributed by atoms with Gasteiger partial charge >= 0.3 is 0 Å². The Hall–Kier alpha value is -1.02. The van der Waals surface area contributed by atoms with Crippen LogP contribution in [0.2, 0.25) is 0 Å². The number of rotatable bonds is 4. The molecule has 2 heteroatoms. The second-order valence-corrected chi connectivity index (χ2v) is 4.66. The Morgan fingerprint density at radius 2 is 1.88 bits per heavy atom. The fraction of sp³-hybridized carbons (Fsp3) is 0.571. The molecule has 1 unspecified atom stereocenters. The molecule has 0 saturated carbocycles. The average molecular weight is 221 g/mol. The molecule has 0 aromatic heterocycles. The maximum atomic E-state index is 5.81. The molecule has 0 amide bonds. The van der Waals surface area contributed by atoms with Crippen molar-refractivity contribution in [2.45, 2.75) is 46.6 Å². The van der Waals surface area contributed by atoms with Crippen LogP contribution in [-0.2, 0) is 6.42 Å². The summed E-state index contributed by atoms with van der Waals surface area (Å²) < 4.78 is 5.53. The summed E-state index contributed by atoms with van der Waals surface area (Å²) in [5, 5.41) is 0. The molecule has 0 aliphatic carbocycles. The molecule has 0 bridgehead atoms. The molecule has 16 heavy (non-hydrogen) atoms. The highest BCUT2D eigenvalue weighted by Gasteiger charge is 2.12. The van der Waals surface area contributed by atoms with E-state index in [-0.39, 0.29) is 6.04 Å². The Balaban J connectivity index is 3.10. The van der Waals surface area contributed by atoms with Crippen molar-refractivity contribution in [1.29, 1.82) is 0 Å². The van der Waals surface area contributed by atoms with Gasteiger partial charge in [0.1, 0.15) is 5.75 Å². The van der Waals surface area contributed by atoms with Crippen molar-refractivity contribution < 1.29 is 4.74 Å². The fourth-order valence-corrected chi connectivity index (χ4v) is 2.06. The van der Waals surface area contributed by atoms with Gasteiger partial charge in [-0.3, -0.25) is 0 Å². The number of hydrogen-bond acceptors (Lipinski definition) is 2. The zero-order valence-electron chi connectivity index (χ0n) is 11.1. The van der Waals surface area contributed by atoms with Crippen LogP contribution in [0.5, 0.6) is 5.75 Å². The first-order valence-corrected chi connectivity index (χ1v) is 5.86.